The van der Waals surface area contributed by atoms with Crippen molar-refractivity contribution in [1.29, 1.82) is 0 Å². The lowest BCUT2D eigenvalue weighted by atomic mass is 10.0. The minimum Gasteiger partial charge on any atom is -0.483 e. The lowest BCUT2D eigenvalue weighted by molar-refractivity contribution is -0.138. The van der Waals surface area contributed by atoms with Gasteiger partial charge in [-0.2, -0.15) is 13.2 Å². The molecular weight excluding hydrogens is 330 g/mol. The van der Waals surface area contributed by atoms with E-state index in [0.29, 0.717) is 24.9 Å². The molecule has 1 aliphatic carbocycles. The summed E-state index contributed by atoms with van der Waals surface area (Å²) < 4.78 is 52.2. The number of alkyl halides is 3. The molecule has 0 radical (unpaired) electrons. The molecule has 4 nitrogen and oxygen atoms in total. The molecule has 2 fully saturated rings. The second kappa shape index (κ2) is 7.48. The zero-order chi connectivity index (χ0) is 17.9. The normalized spacial score (nSPS) is 26.6. The van der Waals surface area contributed by atoms with E-state index in [1.807, 2.05) is 4.90 Å². The molecule has 0 aromatic heterocycles. The number of hydrogen-bond donors (Lipinski definition) is 2. The van der Waals surface area contributed by atoms with Crippen LogP contribution in [0.1, 0.15) is 24.0 Å². The van der Waals surface area contributed by atoms with Gasteiger partial charge >= 0.3 is 6.18 Å². The molecular formula is C16H19F4NO3. The summed E-state index contributed by atoms with van der Waals surface area (Å²) in [5, 5.41) is 16.5. The van der Waals surface area contributed by atoms with Crippen LogP contribution in [-0.2, 0) is 17.5 Å². The first-order chi connectivity index (χ1) is 11.2. The second-order valence-electron chi connectivity index (χ2n) is 6.24. The quantitative estimate of drug-likeness (QED) is 0.637. The number of carboxylic acid groups (broad SMARTS) is 1. The fourth-order valence-corrected chi connectivity index (χ4v) is 3.70. The molecule has 1 saturated heterocycles. The first-order valence-electron chi connectivity index (χ1n) is 7.58. The van der Waals surface area contributed by atoms with Crippen molar-refractivity contribution in [2.45, 2.75) is 31.7 Å². The van der Waals surface area contributed by atoms with Crippen LogP contribution in [0.3, 0.4) is 0 Å². The average Bonchev–Trinajstić information content (AvgIpc) is 2.94. The number of carbonyl (C=O) groups is 1. The predicted molar refractivity (Wildman–Crippen MR) is 77.6 cm³/mol. The van der Waals surface area contributed by atoms with Crippen molar-refractivity contribution < 1.29 is 32.6 Å². The molecule has 1 aromatic carbocycles. The second-order valence-corrected chi connectivity index (χ2v) is 6.24. The van der Waals surface area contributed by atoms with Gasteiger partial charge in [0.25, 0.3) is 6.47 Å². The van der Waals surface area contributed by atoms with E-state index in [1.165, 1.54) is 0 Å². The average molecular weight is 349 g/mol. The number of likely N-dealkylation sites (tertiary alicyclic amines) is 1. The molecule has 3 atom stereocenters. The standard InChI is InChI=1S/C15H17F4NO.CH2O2/c16-12-1-2-14(15(17,18)19)11(3-12)8-20-6-9-4-13(21)5-10(9)7-20;2-1-3/h1-3,9-10,13,21H,4-8H2;1H,(H,2,3)/t9-,10+,13?;. The Morgan fingerprint density at radius 2 is 1.75 bits per heavy atom. The Kier molecular flexibility index (Phi) is 5.82. The van der Waals surface area contributed by atoms with Gasteiger partial charge in [0.1, 0.15) is 5.82 Å². The van der Waals surface area contributed by atoms with E-state index in [-0.39, 0.29) is 24.7 Å². The van der Waals surface area contributed by atoms with Crippen molar-refractivity contribution in [3.63, 3.8) is 0 Å². The number of benzene rings is 1. The van der Waals surface area contributed by atoms with Gasteiger partial charge in [-0.05, 0) is 48.4 Å². The summed E-state index contributed by atoms with van der Waals surface area (Å²) in [6.45, 7) is 1.21. The molecule has 0 amide bonds. The van der Waals surface area contributed by atoms with Gasteiger partial charge in [-0.3, -0.25) is 9.69 Å². The molecule has 134 valence electrons. The summed E-state index contributed by atoms with van der Waals surface area (Å²) in [5.41, 5.74) is -0.774. The monoisotopic (exact) mass is 349 g/mol. The van der Waals surface area contributed by atoms with Crippen LogP contribution in [0.2, 0.25) is 0 Å². The van der Waals surface area contributed by atoms with Gasteiger partial charge in [0.2, 0.25) is 0 Å². The number of nitrogens with zero attached hydrogens (tertiary/aromatic N) is 1. The molecule has 1 saturated carbocycles. The highest BCUT2D eigenvalue weighted by Crippen LogP contribution is 2.39. The fraction of sp³-hybridized carbons (Fsp3) is 0.562. The molecule has 2 N–H and O–H groups in total. The van der Waals surface area contributed by atoms with E-state index in [2.05, 4.69) is 0 Å². The molecule has 1 aromatic rings. The summed E-state index contributed by atoms with van der Waals surface area (Å²) in [6.07, 6.45) is -3.30. The summed E-state index contributed by atoms with van der Waals surface area (Å²) in [7, 11) is 0. The molecule has 3 rings (SSSR count). The van der Waals surface area contributed by atoms with Crippen molar-refractivity contribution in [2.24, 2.45) is 11.8 Å². The van der Waals surface area contributed by atoms with Crippen LogP contribution in [0.4, 0.5) is 17.6 Å². The Labute approximate surface area is 136 Å². The van der Waals surface area contributed by atoms with Crippen LogP contribution >= 0.6 is 0 Å². The van der Waals surface area contributed by atoms with Gasteiger partial charge in [-0.1, -0.05) is 0 Å². The van der Waals surface area contributed by atoms with E-state index in [9.17, 15) is 22.7 Å². The largest absolute Gasteiger partial charge is 0.483 e. The van der Waals surface area contributed by atoms with Crippen LogP contribution in [0.15, 0.2) is 18.2 Å². The predicted octanol–water partition coefficient (Wildman–Crippen LogP) is 2.75. The number of halogens is 4. The lowest BCUT2D eigenvalue weighted by Crippen LogP contribution is -2.24. The van der Waals surface area contributed by atoms with E-state index >= 15 is 0 Å². The summed E-state index contributed by atoms with van der Waals surface area (Å²) in [6, 6.07) is 2.64. The van der Waals surface area contributed by atoms with Crippen LogP contribution in [0.5, 0.6) is 0 Å². The molecule has 1 heterocycles. The first-order valence-corrected chi connectivity index (χ1v) is 7.58. The van der Waals surface area contributed by atoms with Gasteiger partial charge < -0.3 is 10.2 Å². The molecule has 1 unspecified atom stereocenters. The van der Waals surface area contributed by atoms with Gasteiger partial charge in [-0.25, -0.2) is 4.39 Å². The number of aliphatic hydroxyl groups excluding tert-OH is 1. The number of fused-ring (bicyclic) bond motifs is 1. The Morgan fingerprint density at radius 3 is 2.25 bits per heavy atom. The summed E-state index contributed by atoms with van der Waals surface area (Å²) in [4.78, 5) is 10.3. The molecule has 0 spiro atoms. The van der Waals surface area contributed by atoms with Crippen LogP contribution in [-0.4, -0.2) is 40.8 Å². The van der Waals surface area contributed by atoms with E-state index in [4.69, 9.17) is 9.90 Å². The zero-order valence-electron chi connectivity index (χ0n) is 12.8. The smallest absolute Gasteiger partial charge is 0.416 e. The number of rotatable bonds is 2. The number of hydrogen-bond acceptors (Lipinski definition) is 3. The highest BCUT2D eigenvalue weighted by Gasteiger charge is 2.41. The van der Waals surface area contributed by atoms with Crippen LogP contribution in [0, 0.1) is 17.7 Å². The van der Waals surface area contributed by atoms with Crippen molar-refractivity contribution >= 4 is 6.47 Å². The fourth-order valence-electron chi connectivity index (χ4n) is 3.70. The summed E-state index contributed by atoms with van der Waals surface area (Å²) in [5.74, 6) is 0.0543. The summed E-state index contributed by atoms with van der Waals surface area (Å²) >= 11 is 0. The maximum Gasteiger partial charge on any atom is 0.416 e. The van der Waals surface area contributed by atoms with Crippen molar-refractivity contribution in [2.75, 3.05) is 13.1 Å². The van der Waals surface area contributed by atoms with Crippen LogP contribution < -0.4 is 0 Å². The Balaban J connectivity index is 0.000000647. The highest BCUT2D eigenvalue weighted by molar-refractivity contribution is 5.32. The Morgan fingerprint density at radius 1 is 1.21 bits per heavy atom. The minimum absolute atomic E-state index is 0.0111. The van der Waals surface area contributed by atoms with Gasteiger partial charge in [0.05, 0.1) is 11.7 Å². The van der Waals surface area contributed by atoms with Gasteiger partial charge in [0.15, 0.2) is 0 Å². The highest BCUT2D eigenvalue weighted by atomic mass is 19.4. The van der Waals surface area contributed by atoms with Crippen molar-refractivity contribution in [1.82, 2.24) is 4.90 Å². The van der Waals surface area contributed by atoms with Gasteiger partial charge in [-0.15, -0.1) is 0 Å². The molecule has 2 aliphatic rings. The minimum atomic E-state index is -4.46. The topological polar surface area (TPSA) is 60.8 Å². The van der Waals surface area contributed by atoms with Crippen LogP contribution in [0.25, 0.3) is 0 Å². The van der Waals surface area contributed by atoms with E-state index in [1.54, 1.807) is 0 Å². The SMILES string of the molecule is O=CO.OC1C[C@@H]2CN(Cc3cc(F)ccc3C(F)(F)F)C[C@@H]2C1. The number of aliphatic hydroxyl groups is 1. The third-order valence-corrected chi connectivity index (χ3v) is 4.57. The third kappa shape index (κ3) is 4.45. The maximum absolute atomic E-state index is 13.3. The molecule has 0 bridgehead atoms. The maximum atomic E-state index is 13.3. The molecule has 1 aliphatic heterocycles. The lowest BCUT2D eigenvalue weighted by Gasteiger charge is -2.20. The van der Waals surface area contributed by atoms with Crippen molar-refractivity contribution in [3.8, 4) is 0 Å². The molecule has 24 heavy (non-hydrogen) atoms. The van der Waals surface area contributed by atoms with Gasteiger partial charge in [0, 0.05) is 19.6 Å². The van der Waals surface area contributed by atoms with E-state index in [0.717, 1.165) is 31.0 Å². The Bertz CT molecular complexity index is 565. The Hall–Kier alpha value is -1.67. The third-order valence-electron chi connectivity index (χ3n) is 4.57. The zero-order valence-corrected chi connectivity index (χ0v) is 12.8. The molecule has 8 heteroatoms. The van der Waals surface area contributed by atoms with Crippen molar-refractivity contribution in [3.05, 3.63) is 35.1 Å². The van der Waals surface area contributed by atoms with E-state index < -0.39 is 17.6 Å². The first kappa shape index (κ1) is 18.7.